The van der Waals surface area contributed by atoms with E-state index in [4.69, 9.17) is 0 Å². The highest BCUT2D eigenvalue weighted by Gasteiger charge is 1.96. The second-order valence-electron chi connectivity index (χ2n) is 4.58. The Hall–Kier alpha value is -0.890. The molecule has 0 aliphatic heterocycles. The average Bonchev–Trinajstić information content (AvgIpc) is 2.29. The van der Waals surface area contributed by atoms with E-state index in [0.717, 1.165) is 19.4 Å². The first-order valence-electron chi connectivity index (χ1n) is 6.39. The fourth-order valence-electron chi connectivity index (χ4n) is 1.63. The van der Waals surface area contributed by atoms with Gasteiger partial charge in [0.05, 0.1) is 0 Å². The number of hydrogen-bond donors (Lipinski definition) is 1. The lowest BCUT2D eigenvalue weighted by Gasteiger charge is -2.07. The third-order valence-electron chi connectivity index (χ3n) is 2.71. The van der Waals surface area contributed by atoms with Gasteiger partial charge >= 0.3 is 0 Å². The normalized spacial score (nSPS) is 11.0. The van der Waals surface area contributed by atoms with Crippen LogP contribution in [0.1, 0.15) is 44.9 Å². The maximum Gasteiger partial charge on any atom is 0.0403 e. The monoisotopic (exact) mass is 220 g/mol. The van der Waals surface area contributed by atoms with Gasteiger partial charge in [-0.15, -0.1) is 0 Å². The molecule has 0 aliphatic rings. The van der Waals surface area contributed by atoms with E-state index in [9.17, 15) is 0 Å². The molecule has 90 valence electrons. The van der Waals surface area contributed by atoms with Gasteiger partial charge in [-0.3, -0.25) is 4.98 Å². The van der Waals surface area contributed by atoms with Gasteiger partial charge in [-0.25, -0.2) is 0 Å². The van der Waals surface area contributed by atoms with Gasteiger partial charge in [-0.2, -0.15) is 0 Å². The standard InChI is InChI=1S/C14H24N2/c1-4-13-8-9-14(16-11-13)7-5-6-10-15-12(2)3/h8-9,11-12,15H,4-7,10H2,1-3H3. The highest BCUT2D eigenvalue weighted by atomic mass is 14.9. The molecule has 1 heterocycles. The van der Waals surface area contributed by atoms with Crippen LogP contribution < -0.4 is 5.32 Å². The van der Waals surface area contributed by atoms with Crippen molar-refractivity contribution >= 4 is 0 Å². The van der Waals surface area contributed by atoms with Crippen LogP contribution in [0.5, 0.6) is 0 Å². The number of unbranched alkanes of at least 4 members (excludes halogenated alkanes) is 1. The summed E-state index contributed by atoms with van der Waals surface area (Å²) in [4.78, 5) is 4.46. The zero-order valence-corrected chi connectivity index (χ0v) is 10.8. The summed E-state index contributed by atoms with van der Waals surface area (Å²) in [6.07, 6.45) is 6.63. The summed E-state index contributed by atoms with van der Waals surface area (Å²) in [5, 5.41) is 3.43. The maximum absolute atomic E-state index is 4.46. The third-order valence-corrected chi connectivity index (χ3v) is 2.71. The van der Waals surface area contributed by atoms with Crippen LogP contribution in [0.25, 0.3) is 0 Å². The van der Waals surface area contributed by atoms with Gasteiger partial charge in [0.2, 0.25) is 0 Å². The SMILES string of the molecule is CCc1ccc(CCCCNC(C)C)nc1. The number of aryl methyl sites for hydroxylation is 2. The van der Waals surface area contributed by atoms with E-state index in [1.54, 1.807) is 0 Å². The van der Waals surface area contributed by atoms with Gasteiger partial charge in [0.1, 0.15) is 0 Å². The summed E-state index contributed by atoms with van der Waals surface area (Å²) >= 11 is 0. The Morgan fingerprint density at radius 2 is 2.06 bits per heavy atom. The molecule has 0 spiro atoms. The Morgan fingerprint density at radius 3 is 2.62 bits per heavy atom. The molecule has 0 bridgehead atoms. The molecule has 0 unspecified atom stereocenters. The van der Waals surface area contributed by atoms with Crippen molar-refractivity contribution in [3.63, 3.8) is 0 Å². The predicted octanol–water partition coefficient (Wildman–Crippen LogP) is 2.96. The molecule has 0 radical (unpaired) electrons. The zero-order chi connectivity index (χ0) is 11.8. The Kier molecular flexibility index (Phi) is 6.09. The molecule has 0 atom stereocenters. The summed E-state index contributed by atoms with van der Waals surface area (Å²) < 4.78 is 0. The molecule has 1 aromatic heterocycles. The molecule has 0 amide bonds. The molecule has 1 aromatic rings. The Bertz CT molecular complexity index is 277. The van der Waals surface area contributed by atoms with Crippen LogP contribution in [0.2, 0.25) is 0 Å². The molecule has 0 fully saturated rings. The summed E-state index contributed by atoms with van der Waals surface area (Å²) in [7, 11) is 0. The van der Waals surface area contributed by atoms with E-state index in [2.05, 4.69) is 43.2 Å². The van der Waals surface area contributed by atoms with Crippen molar-refractivity contribution in [3.05, 3.63) is 29.6 Å². The molecule has 2 heteroatoms. The van der Waals surface area contributed by atoms with Crippen LogP contribution in [0.3, 0.4) is 0 Å². The van der Waals surface area contributed by atoms with E-state index < -0.39 is 0 Å². The van der Waals surface area contributed by atoms with E-state index in [1.165, 1.54) is 24.1 Å². The quantitative estimate of drug-likeness (QED) is 0.715. The van der Waals surface area contributed by atoms with Gasteiger partial charge in [-0.1, -0.05) is 26.8 Å². The number of nitrogens with zero attached hydrogens (tertiary/aromatic N) is 1. The van der Waals surface area contributed by atoms with E-state index in [0.29, 0.717) is 6.04 Å². The Labute approximate surface area is 99.5 Å². The van der Waals surface area contributed by atoms with Crippen LogP contribution in [0.4, 0.5) is 0 Å². The van der Waals surface area contributed by atoms with Crippen LogP contribution in [-0.2, 0) is 12.8 Å². The topological polar surface area (TPSA) is 24.9 Å². The number of aromatic nitrogens is 1. The number of nitrogens with one attached hydrogen (secondary N) is 1. The molecule has 1 N–H and O–H groups in total. The maximum atomic E-state index is 4.46. The Morgan fingerprint density at radius 1 is 1.25 bits per heavy atom. The summed E-state index contributed by atoms with van der Waals surface area (Å²) in [6, 6.07) is 4.95. The first kappa shape index (κ1) is 13.2. The van der Waals surface area contributed by atoms with Crippen LogP contribution in [0, 0.1) is 0 Å². The molecule has 0 saturated carbocycles. The minimum absolute atomic E-state index is 0.599. The lowest BCUT2D eigenvalue weighted by Crippen LogP contribution is -2.23. The van der Waals surface area contributed by atoms with Gasteiger partial charge in [0.25, 0.3) is 0 Å². The van der Waals surface area contributed by atoms with Crippen LogP contribution in [0.15, 0.2) is 18.3 Å². The minimum atomic E-state index is 0.599. The summed E-state index contributed by atoms with van der Waals surface area (Å²) in [6.45, 7) is 7.65. The molecule has 16 heavy (non-hydrogen) atoms. The fraction of sp³-hybridized carbons (Fsp3) is 0.643. The molecular weight excluding hydrogens is 196 g/mol. The molecule has 0 saturated heterocycles. The third kappa shape index (κ3) is 5.26. The molecule has 2 nitrogen and oxygen atoms in total. The highest BCUT2D eigenvalue weighted by molar-refractivity contribution is 5.13. The first-order valence-corrected chi connectivity index (χ1v) is 6.39. The van der Waals surface area contributed by atoms with Gasteiger partial charge in [0.15, 0.2) is 0 Å². The first-order chi connectivity index (χ1) is 7.72. The largest absolute Gasteiger partial charge is 0.315 e. The van der Waals surface area contributed by atoms with Crippen molar-refractivity contribution in [1.82, 2.24) is 10.3 Å². The zero-order valence-electron chi connectivity index (χ0n) is 10.8. The molecule has 0 aromatic carbocycles. The van der Waals surface area contributed by atoms with Crippen molar-refractivity contribution < 1.29 is 0 Å². The summed E-state index contributed by atoms with van der Waals surface area (Å²) in [5.74, 6) is 0. The second kappa shape index (κ2) is 7.39. The lowest BCUT2D eigenvalue weighted by atomic mass is 10.1. The van der Waals surface area contributed by atoms with Crippen molar-refractivity contribution in [2.75, 3.05) is 6.54 Å². The Balaban J connectivity index is 2.16. The van der Waals surface area contributed by atoms with Gasteiger partial charge < -0.3 is 5.32 Å². The van der Waals surface area contributed by atoms with E-state index in [-0.39, 0.29) is 0 Å². The predicted molar refractivity (Wildman–Crippen MR) is 69.7 cm³/mol. The average molecular weight is 220 g/mol. The van der Waals surface area contributed by atoms with Gasteiger partial charge in [0, 0.05) is 17.9 Å². The van der Waals surface area contributed by atoms with Crippen molar-refractivity contribution in [2.24, 2.45) is 0 Å². The van der Waals surface area contributed by atoms with E-state index in [1.807, 2.05) is 6.20 Å². The van der Waals surface area contributed by atoms with Gasteiger partial charge in [-0.05, 0) is 43.9 Å². The molecule has 0 aliphatic carbocycles. The second-order valence-corrected chi connectivity index (χ2v) is 4.58. The highest BCUT2D eigenvalue weighted by Crippen LogP contribution is 2.04. The molecular formula is C14H24N2. The van der Waals surface area contributed by atoms with Crippen LogP contribution in [-0.4, -0.2) is 17.6 Å². The fourth-order valence-corrected chi connectivity index (χ4v) is 1.63. The smallest absolute Gasteiger partial charge is 0.0403 e. The number of rotatable bonds is 7. The lowest BCUT2D eigenvalue weighted by molar-refractivity contribution is 0.556. The summed E-state index contributed by atoms with van der Waals surface area (Å²) in [5.41, 5.74) is 2.55. The minimum Gasteiger partial charge on any atom is -0.315 e. The van der Waals surface area contributed by atoms with Crippen LogP contribution >= 0.6 is 0 Å². The van der Waals surface area contributed by atoms with Crippen molar-refractivity contribution in [2.45, 2.75) is 52.5 Å². The van der Waals surface area contributed by atoms with Crippen molar-refractivity contribution in [3.8, 4) is 0 Å². The number of pyridine rings is 1. The molecule has 1 rings (SSSR count). The van der Waals surface area contributed by atoms with E-state index >= 15 is 0 Å². The van der Waals surface area contributed by atoms with Crippen molar-refractivity contribution in [1.29, 1.82) is 0 Å². The number of hydrogen-bond acceptors (Lipinski definition) is 2.